The van der Waals surface area contributed by atoms with E-state index in [1.807, 2.05) is 43.0 Å². The van der Waals surface area contributed by atoms with E-state index in [9.17, 15) is 4.79 Å². The molecule has 2 aromatic rings. The molecule has 4 rings (SSSR count). The second kappa shape index (κ2) is 10.8. The van der Waals surface area contributed by atoms with Gasteiger partial charge < -0.3 is 14.4 Å². The number of amides is 1. The van der Waals surface area contributed by atoms with Gasteiger partial charge in [0.05, 0.1) is 12.7 Å². The van der Waals surface area contributed by atoms with Crippen LogP contribution in [-0.4, -0.2) is 54.6 Å². The highest BCUT2D eigenvalue weighted by molar-refractivity contribution is 5.94. The molecule has 1 spiro atoms. The summed E-state index contributed by atoms with van der Waals surface area (Å²) < 4.78 is 11.8. The number of hydrogen-bond donors (Lipinski definition) is 0. The van der Waals surface area contributed by atoms with Crippen molar-refractivity contribution in [1.82, 2.24) is 9.80 Å². The molecule has 5 nitrogen and oxygen atoms in total. The number of benzene rings is 2. The van der Waals surface area contributed by atoms with Gasteiger partial charge in [0, 0.05) is 37.3 Å². The summed E-state index contributed by atoms with van der Waals surface area (Å²) in [6.07, 6.45) is 3.50. The molecule has 1 amide bonds. The molecule has 0 N–H and O–H groups in total. The van der Waals surface area contributed by atoms with Gasteiger partial charge in [0.15, 0.2) is 0 Å². The standard InChI is InChI=1S/C29H40N2O3/c1-22(2)20-33-27-8-6-5-7-25(27)19-30-16-13-29(21-30)14-17-31(18-15-29)28(32)24-9-11-26(12-10-24)34-23(3)4/h5-12,22-23H,13-21H2,1-4H3. The molecule has 0 saturated carbocycles. The zero-order valence-corrected chi connectivity index (χ0v) is 21.3. The van der Waals surface area contributed by atoms with Gasteiger partial charge in [0.2, 0.25) is 0 Å². The van der Waals surface area contributed by atoms with Crippen LogP contribution in [0.3, 0.4) is 0 Å². The van der Waals surface area contributed by atoms with Crippen molar-refractivity contribution >= 4 is 5.91 Å². The van der Waals surface area contributed by atoms with Gasteiger partial charge in [-0.05, 0) is 81.3 Å². The Bertz CT molecular complexity index is 946. The highest BCUT2D eigenvalue weighted by Crippen LogP contribution is 2.41. The van der Waals surface area contributed by atoms with Crippen LogP contribution in [0.15, 0.2) is 48.5 Å². The molecule has 2 fully saturated rings. The number of piperidine rings is 1. The summed E-state index contributed by atoms with van der Waals surface area (Å²) in [4.78, 5) is 17.7. The average molecular weight is 465 g/mol. The van der Waals surface area contributed by atoms with Crippen molar-refractivity contribution in [2.24, 2.45) is 11.3 Å². The lowest BCUT2D eigenvalue weighted by atomic mass is 9.77. The van der Waals surface area contributed by atoms with Gasteiger partial charge in [-0.1, -0.05) is 32.0 Å². The Morgan fingerprint density at radius 2 is 1.62 bits per heavy atom. The fourth-order valence-electron chi connectivity index (χ4n) is 5.16. The number of nitrogens with zero attached hydrogens (tertiary/aromatic N) is 2. The predicted molar refractivity (Wildman–Crippen MR) is 136 cm³/mol. The van der Waals surface area contributed by atoms with E-state index < -0.39 is 0 Å². The maximum atomic E-state index is 13.0. The van der Waals surface area contributed by atoms with Gasteiger partial charge in [-0.15, -0.1) is 0 Å². The number of para-hydroxylation sites is 1. The maximum Gasteiger partial charge on any atom is 0.253 e. The number of carbonyl (C=O) groups excluding carboxylic acids is 1. The largest absolute Gasteiger partial charge is 0.493 e. The van der Waals surface area contributed by atoms with Crippen LogP contribution >= 0.6 is 0 Å². The van der Waals surface area contributed by atoms with E-state index in [0.29, 0.717) is 11.3 Å². The Kier molecular flexibility index (Phi) is 7.82. The lowest BCUT2D eigenvalue weighted by Gasteiger charge is -2.39. The molecule has 184 valence electrons. The molecule has 0 aromatic heterocycles. The third kappa shape index (κ3) is 6.12. The van der Waals surface area contributed by atoms with Crippen LogP contribution in [0, 0.1) is 11.3 Å². The Balaban J connectivity index is 1.30. The van der Waals surface area contributed by atoms with Crippen LogP contribution in [0.1, 0.15) is 62.9 Å². The molecule has 0 radical (unpaired) electrons. The smallest absolute Gasteiger partial charge is 0.253 e. The molecule has 0 aliphatic carbocycles. The van der Waals surface area contributed by atoms with E-state index in [1.165, 1.54) is 12.0 Å². The highest BCUT2D eigenvalue weighted by Gasteiger charge is 2.41. The number of ether oxygens (including phenoxy) is 2. The highest BCUT2D eigenvalue weighted by atomic mass is 16.5. The maximum absolute atomic E-state index is 13.0. The SMILES string of the molecule is CC(C)COc1ccccc1CN1CCC2(CCN(C(=O)c3ccc(OC(C)C)cc3)CC2)C1. The second-order valence-electron chi connectivity index (χ2n) is 10.8. The molecule has 0 bridgehead atoms. The summed E-state index contributed by atoms with van der Waals surface area (Å²) >= 11 is 0. The van der Waals surface area contributed by atoms with Crippen molar-refractivity contribution in [3.63, 3.8) is 0 Å². The van der Waals surface area contributed by atoms with Crippen molar-refractivity contribution in [3.8, 4) is 11.5 Å². The van der Waals surface area contributed by atoms with Gasteiger partial charge >= 0.3 is 0 Å². The lowest BCUT2D eigenvalue weighted by molar-refractivity contribution is 0.0587. The fraction of sp³-hybridized carbons (Fsp3) is 0.552. The molecule has 0 unspecified atom stereocenters. The predicted octanol–water partition coefficient (Wildman–Crippen LogP) is 5.64. The van der Waals surface area contributed by atoms with Crippen molar-refractivity contribution in [3.05, 3.63) is 59.7 Å². The Morgan fingerprint density at radius 1 is 0.941 bits per heavy atom. The minimum absolute atomic E-state index is 0.131. The zero-order chi connectivity index (χ0) is 24.1. The Labute approximate surface area is 205 Å². The quantitative estimate of drug-likeness (QED) is 0.507. The third-order valence-corrected chi connectivity index (χ3v) is 7.04. The first-order valence-electron chi connectivity index (χ1n) is 12.8. The number of likely N-dealkylation sites (tertiary alicyclic amines) is 2. The van der Waals surface area contributed by atoms with Crippen LogP contribution in [0.5, 0.6) is 11.5 Å². The number of rotatable bonds is 8. The minimum atomic E-state index is 0.131. The van der Waals surface area contributed by atoms with E-state index in [0.717, 1.165) is 69.2 Å². The average Bonchev–Trinajstić information content (AvgIpc) is 3.20. The first-order valence-corrected chi connectivity index (χ1v) is 12.8. The van der Waals surface area contributed by atoms with Crippen molar-refractivity contribution < 1.29 is 14.3 Å². The summed E-state index contributed by atoms with van der Waals surface area (Å²) in [5.74, 6) is 2.48. The summed E-state index contributed by atoms with van der Waals surface area (Å²) in [6.45, 7) is 14.0. The zero-order valence-electron chi connectivity index (χ0n) is 21.3. The number of hydrogen-bond acceptors (Lipinski definition) is 4. The van der Waals surface area contributed by atoms with E-state index in [2.05, 4.69) is 43.0 Å². The Morgan fingerprint density at radius 3 is 2.29 bits per heavy atom. The summed E-state index contributed by atoms with van der Waals surface area (Å²) in [6, 6.07) is 16.0. The first kappa shape index (κ1) is 24.6. The monoisotopic (exact) mass is 464 g/mol. The molecule has 0 atom stereocenters. The first-order chi connectivity index (χ1) is 16.3. The molecule has 2 aromatic carbocycles. The molecule has 2 saturated heterocycles. The van der Waals surface area contributed by atoms with E-state index >= 15 is 0 Å². The van der Waals surface area contributed by atoms with Crippen molar-refractivity contribution in [2.45, 2.75) is 59.6 Å². The van der Waals surface area contributed by atoms with Crippen LogP contribution in [-0.2, 0) is 6.54 Å². The van der Waals surface area contributed by atoms with Crippen LogP contribution in [0.25, 0.3) is 0 Å². The molecular formula is C29H40N2O3. The summed E-state index contributed by atoms with van der Waals surface area (Å²) in [7, 11) is 0. The molecule has 34 heavy (non-hydrogen) atoms. The van der Waals surface area contributed by atoms with E-state index in [1.54, 1.807) is 0 Å². The molecule has 2 heterocycles. The molecular weight excluding hydrogens is 424 g/mol. The van der Waals surface area contributed by atoms with Crippen LogP contribution < -0.4 is 9.47 Å². The van der Waals surface area contributed by atoms with Crippen LogP contribution in [0.4, 0.5) is 0 Å². The Hall–Kier alpha value is -2.53. The van der Waals surface area contributed by atoms with Gasteiger partial charge in [-0.3, -0.25) is 9.69 Å². The summed E-state index contributed by atoms with van der Waals surface area (Å²) in [5, 5.41) is 0. The number of carbonyl (C=O) groups is 1. The molecule has 2 aliphatic heterocycles. The van der Waals surface area contributed by atoms with Crippen molar-refractivity contribution in [1.29, 1.82) is 0 Å². The van der Waals surface area contributed by atoms with E-state index in [-0.39, 0.29) is 12.0 Å². The van der Waals surface area contributed by atoms with E-state index in [4.69, 9.17) is 9.47 Å². The van der Waals surface area contributed by atoms with Gasteiger partial charge in [-0.2, -0.15) is 0 Å². The van der Waals surface area contributed by atoms with Crippen LogP contribution in [0.2, 0.25) is 0 Å². The molecule has 2 aliphatic rings. The third-order valence-electron chi connectivity index (χ3n) is 7.04. The van der Waals surface area contributed by atoms with Gasteiger partial charge in [-0.25, -0.2) is 0 Å². The normalized spacial score (nSPS) is 18.1. The topological polar surface area (TPSA) is 42.0 Å². The lowest BCUT2D eigenvalue weighted by Crippen LogP contribution is -2.44. The molecule has 5 heteroatoms. The van der Waals surface area contributed by atoms with Gasteiger partial charge in [0.25, 0.3) is 5.91 Å². The summed E-state index contributed by atoms with van der Waals surface area (Å²) in [5.41, 5.74) is 2.36. The van der Waals surface area contributed by atoms with Crippen molar-refractivity contribution in [2.75, 3.05) is 32.8 Å². The van der Waals surface area contributed by atoms with Gasteiger partial charge in [0.1, 0.15) is 11.5 Å². The fourth-order valence-corrected chi connectivity index (χ4v) is 5.16. The minimum Gasteiger partial charge on any atom is -0.493 e. The second-order valence-corrected chi connectivity index (χ2v) is 10.8.